The SMILES string of the molecule is Cc1cc(C(=O)CN2CCCC2CO)c(C)n1C. The van der Waals surface area contributed by atoms with E-state index >= 15 is 0 Å². The van der Waals surface area contributed by atoms with Crippen LogP contribution in [0.3, 0.4) is 0 Å². The second-order valence-electron chi connectivity index (χ2n) is 5.22. The zero-order valence-corrected chi connectivity index (χ0v) is 11.4. The summed E-state index contributed by atoms with van der Waals surface area (Å²) in [6.07, 6.45) is 2.07. The van der Waals surface area contributed by atoms with Crippen LogP contribution in [-0.4, -0.2) is 46.1 Å². The number of nitrogens with zero attached hydrogens (tertiary/aromatic N) is 2. The van der Waals surface area contributed by atoms with Crippen molar-refractivity contribution in [2.24, 2.45) is 7.05 Å². The first kappa shape index (κ1) is 13.3. The van der Waals surface area contributed by atoms with Crippen LogP contribution in [0.25, 0.3) is 0 Å². The predicted molar refractivity (Wildman–Crippen MR) is 70.9 cm³/mol. The normalized spacial score (nSPS) is 20.6. The monoisotopic (exact) mass is 250 g/mol. The number of carbonyl (C=O) groups excluding carboxylic acids is 1. The molecule has 0 aromatic carbocycles. The van der Waals surface area contributed by atoms with Gasteiger partial charge in [0.1, 0.15) is 0 Å². The molecule has 1 unspecified atom stereocenters. The zero-order chi connectivity index (χ0) is 13.3. The second kappa shape index (κ2) is 5.24. The Morgan fingerprint density at radius 2 is 2.22 bits per heavy atom. The summed E-state index contributed by atoms with van der Waals surface area (Å²) < 4.78 is 2.04. The lowest BCUT2D eigenvalue weighted by Gasteiger charge is -2.21. The van der Waals surface area contributed by atoms with Gasteiger partial charge in [0.05, 0.1) is 13.2 Å². The van der Waals surface area contributed by atoms with Crippen LogP contribution in [-0.2, 0) is 7.05 Å². The van der Waals surface area contributed by atoms with Gasteiger partial charge in [-0.1, -0.05) is 0 Å². The number of aliphatic hydroxyl groups is 1. The maximum Gasteiger partial charge on any atom is 0.178 e. The molecular formula is C14H22N2O2. The van der Waals surface area contributed by atoms with Gasteiger partial charge in [0.15, 0.2) is 5.78 Å². The van der Waals surface area contributed by atoms with Gasteiger partial charge in [-0.05, 0) is 39.3 Å². The van der Waals surface area contributed by atoms with Crippen LogP contribution in [0.4, 0.5) is 0 Å². The summed E-state index contributed by atoms with van der Waals surface area (Å²) in [7, 11) is 1.98. The summed E-state index contributed by atoms with van der Waals surface area (Å²) in [5, 5.41) is 9.27. The lowest BCUT2D eigenvalue weighted by Crippen LogP contribution is -2.36. The molecule has 0 amide bonds. The third-order valence-corrected chi connectivity index (χ3v) is 4.13. The van der Waals surface area contributed by atoms with Crippen LogP contribution in [0.1, 0.15) is 34.6 Å². The largest absolute Gasteiger partial charge is 0.395 e. The Morgan fingerprint density at radius 1 is 1.50 bits per heavy atom. The molecule has 1 aliphatic rings. The molecular weight excluding hydrogens is 228 g/mol. The molecule has 2 heterocycles. The van der Waals surface area contributed by atoms with Gasteiger partial charge in [0, 0.05) is 30.0 Å². The van der Waals surface area contributed by atoms with Crippen LogP contribution >= 0.6 is 0 Å². The standard InChI is InChI=1S/C14H22N2O2/c1-10-7-13(11(2)15(10)3)14(18)8-16-6-4-5-12(16)9-17/h7,12,17H,4-6,8-9H2,1-3H3. The summed E-state index contributed by atoms with van der Waals surface area (Å²) in [6.45, 7) is 5.49. The van der Waals surface area contributed by atoms with E-state index in [0.29, 0.717) is 6.54 Å². The van der Waals surface area contributed by atoms with Gasteiger partial charge in [-0.2, -0.15) is 0 Å². The summed E-state index contributed by atoms with van der Waals surface area (Å²) in [5.41, 5.74) is 2.95. The van der Waals surface area contributed by atoms with Crippen molar-refractivity contribution in [1.29, 1.82) is 0 Å². The Morgan fingerprint density at radius 3 is 2.78 bits per heavy atom. The number of aliphatic hydroxyl groups excluding tert-OH is 1. The van der Waals surface area contributed by atoms with Crippen LogP contribution in [0.5, 0.6) is 0 Å². The molecule has 1 aromatic heterocycles. The van der Waals surface area contributed by atoms with E-state index in [2.05, 4.69) is 4.90 Å². The molecule has 18 heavy (non-hydrogen) atoms. The number of aryl methyl sites for hydroxylation is 1. The van der Waals surface area contributed by atoms with Crippen molar-refractivity contribution in [3.05, 3.63) is 23.0 Å². The van der Waals surface area contributed by atoms with Crippen molar-refractivity contribution in [3.63, 3.8) is 0 Å². The van der Waals surface area contributed by atoms with E-state index in [9.17, 15) is 9.90 Å². The van der Waals surface area contributed by atoms with E-state index in [4.69, 9.17) is 0 Å². The first-order valence-corrected chi connectivity index (χ1v) is 6.55. The maximum atomic E-state index is 12.3. The van der Waals surface area contributed by atoms with E-state index in [-0.39, 0.29) is 18.4 Å². The van der Waals surface area contributed by atoms with E-state index in [1.165, 1.54) is 0 Å². The highest BCUT2D eigenvalue weighted by Crippen LogP contribution is 2.19. The van der Waals surface area contributed by atoms with E-state index in [1.54, 1.807) is 0 Å². The molecule has 0 bridgehead atoms. The first-order chi connectivity index (χ1) is 8.54. The Hall–Kier alpha value is -1.13. The van der Waals surface area contributed by atoms with Gasteiger partial charge in [-0.15, -0.1) is 0 Å². The average molecular weight is 250 g/mol. The summed E-state index contributed by atoms with van der Waals surface area (Å²) in [4.78, 5) is 14.4. The molecule has 1 N–H and O–H groups in total. The van der Waals surface area contributed by atoms with Gasteiger partial charge < -0.3 is 9.67 Å². The number of Topliss-reactive ketones (excluding diaryl/α,β-unsaturated/α-hetero) is 1. The molecule has 0 radical (unpaired) electrons. The van der Waals surface area contributed by atoms with Crippen LogP contribution in [0.15, 0.2) is 6.07 Å². The number of ketones is 1. The van der Waals surface area contributed by atoms with Crippen LogP contribution < -0.4 is 0 Å². The Balaban J connectivity index is 2.10. The van der Waals surface area contributed by atoms with Crippen molar-refractivity contribution >= 4 is 5.78 Å². The topological polar surface area (TPSA) is 45.5 Å². The molecule has 100 valence electrons. The summed E-state index contributed by atoms with van der Waals surface area (Å²) >= 11 is 0. The maximum absolute atomic E-state index is 12.3. The minimum absolute atomic E-state index is 0.153. The van der Waals surface area contributed by atoms with Gasteiger partial charge in [-0.3, -0.25) is 9.69 Å². The van der Waals surface area contributed by atoms with Crippen molar-refractivity contribution < 1.29 is 9.90 Å². The molecule has 1 atom stereocenters. The lowest BCUT2D eigenvalue weighted by atomic mass is 10.1. The third kappa shape index (κ3) is 2.35. The molecule has 4 nitrogen and oxygen atoms in total. The highest BCUT2D eigenvalue weighted by Gasteiger charge is 2.26. The van der Waals surface area contributed by atoms with Crippen molar-refractivity contribution in [2.75, 3.05) is 19.7 Å². The minimum Gasteiger partial charge on any atom is -0.395 e. The fraction of sp³-hybridized carbons (Fsp3) is 0.643. The smallest absolute Gasteiger partial charge is 0.178 e. The van der Waals surface area contributed by atoms with Crippen LogP contribution in [0, 0.1) is 13.8 Å². The number of aromatic nitrogens is 1. The summed E-state index contributed by atoms with van der Waals surface area (Å²) in [6, 6.07) is 2.13. The van der Waals surface area contributed by atoms with Crippen molar-refractivity contribution in [3.8, 4) is 0 Å². The second-order valence-corrected chi connectivity index (χ2v) is 5.22. The molecule has 0 spiro atoms. The predicted octanol–water partition coefficient (Wildman–Crippen LogP) is 1.28. The van der Waals surface area contributed by atoms with Crippen LogP contribution in [0.2, 0.25) is 0 Å². The molecule has 4 heteroatoms. The number of likely N-dealkylation sites (tertiary alicyclic amines) is 1. The molecule has 0 saturated carbocycles. The fourth-order valence-electron chi connectivity index (χ4n) is 2.72. The summed E-state index contributed by atoms with van der Waals surface area (Å²) in [5.74, 6) is 0.163. The van der Waals surface area contributed by atoms with Gasteiger partial charge in [0.2, 0.25) is 0 Å². The molecule has 2 rings (SSSR count). The highest BCUT2D eigenvalue weighted by molar-refractivity contribution is 5.99. The Bertz CT molecular complexity index is 451. The highest BCUT2D eigenvalue weighted by atomic mass is 16.3. The average Bonchev–Trinajstić information content (AvgIpc) is 2.89. The molecule has 0 aliphatic carbocycles. The third-order valence-electron chi connectivity index (χ3n) is 4.13. The molecule has 1 aromatic rings. The lowest BCUT2D eigenvalue weighted by molar-refractivity contribution is 0.0887. The Labute approximate surface area is 108 Å². The number of rotatable bonds is 4. The molecule has 1 aliphatic heterocycles. The number of carbonyl (C=O) groups is 1. The molecule has 1 saturated heterocycles. The number of hydrogen-bond donors (Lipinski definition) is 1. The number of hydrogen-bond acceptors (Lipinski definition) is 3. The van der Waals surface area contributed by atoms with Crippen molar-refractivity contribution in [1.82, 2.24) is 9.47 Å². The fourth-order valence-corrected chi connectivity index (χ4v) is 2.72. The van der Waals surface area contributed by atoms with Gasteiger partial charge in [-0.25, -0.2) is 0 Å². The van der Waals surface area contributed by atoms with Gasteiger partial charge in [0.25, 0.3) is 0 Å². The first-order valence-electron chi connectivity index (χ1n) is 6.55. The molecule has 1 fully saturated rings. The van der Waals surface area contributed by atoms with E-state index < -0.39 is 0 Å². The minimum atomic E-state index is 0.153. The zero-order valence-electron chi connectivity index (χ0n) is 11.4. The van der Waals surface area contributed by atoms with E-state index in [0.717, 1.165) is 36.3 Å². The van der Waals surface area contributed by atoms with Gasteiger partial charge >= 0.3 is 0 Å². The van der Waals surface area contributed by atoms with E-state index in [1.807, 2.05) is 31.5 Å². The Kier molecular flexibility index (Phi) is 3.88. The quantitative estimate of drug-likeness (QED) is 0.819. The van der Waals surface area contributed by atoms with Crippen molar-refractivity contribution in [2.45, 2.75) is 32.7 Å².